The van der Waals surface area contributed by atoms with Gasteiger partial charge in [0.05, 0.1) is 24.7 Å². The van der Waals surface area contributed by atoms with Gasteiger partial charge in [0.1, 0.15) is 5.82 Å². The molecule has 0 saturated carbocycles. The first-order valence-corrected chi connectivity index (χ1v) is 10.3. The van der Waals surface area contributed by atoms with Gasteiger partial charge in [-0.1, -0.05) is 11.6 Å². The molecule has 1 unspecified atom stereocenters. The lowest BCUT2D eigenvalue weighted by atomic mass is 10.0. The summed E-state index contributed by atoms with van der Waals surface area (Å²) in [5.74, 6) is 0.652. The average molecular weight is 434 g/mol. The number of hydrogen-bond donors (Lipinski definition) is 3. The van der Waals surface area contributed by atoms with Gasteiger partial charge < -0.3 is 25.8 Å². The number of aliphatic hydroxyl groups is 1. The van der Waals surface area contributed by atoms with Crippen molar-refractivity contribution in [2.45, 2.75) is 45.3 Å². The number of anilines is 3. The molecule has 0 aliphatic carbocycles. The molecule has 1 aliphatic heterocycles. The standard InChI is InChI=1S/C21H28ClN5O3/c1-13-9-18(26-20(23)24-13)27-7-4-8-30-12-17(27)15-10-14(5-6-16(15)22)25-19(28)11-21(2,3)29/h5-6,9-10,17,29H,4,7-8,11-12H2,1-3H3,(H,25,28)(H2,23,24,26). The van der Waals surface area contributed by atoms with E-state index in [2.05, 4.69) is 20.2 Å². The van der Waals surface area contributed by atoms with E-state index in [4.69, 9.17) is 22.1 Å². The first kappa shape index (κ1) is 22.3. The van der Waals surface area contributed by atoms with Gasteiger partial charge in [0.2, 0.25) is 11.9 Å². The molecule has 0 radical (unpaired) electrons. The second kappa shape index (κ2) is 9.16. The van der Waals surface area contributed by atoms with Gasteiger partial charge >= 0.3 is 0 Å². The van der Waals surface area contributed by atoms with Crippen LogP contribution in [0.1, 0.15) is 44.0 Å². The quantitative estimate of drug-likeness (QED) is 0.663. The van der Waals surface area contributed by atoms with Crippen LogP contribution in [0.3, 0.4) is 0 Å². The third-order valence-electron chi connectivity index (χ3n) is 4.72. The smallest absolute Gasteiger partial charge is 0.227 e. The number of nitrogens with two attached hydrogens (primary N) is 1. The third-order valence-corrected chi connectivity index (χ3v) is 5.07. The first-order chi connectivity index (χ1) is 14.1. The summed E-state index contributed by atoms with van der Waals surface area (Å²) in [5, 5.41) is 13.3. The fourth-order valence-electron chi connectivity index (χ4n) is 3.51. The Balaban J connectivity index is 1.93. The number of rotatable bonds is 5. The first-order valence-electron chi connectivity index (χ1n) is 9.89. The summed E-state index contributed by atoms with van der Waals surface area (Å²) in [6.45, 7) is 6.82. The lowest BCUT2D eigenvalue weighted by Gasteiger charge is -2.31. The molecule has 9 heteroatoms. The molecule has 1 saturated heterocycles. The summed E-state index contributed by atoms with van der Waals surface area (Å²) < 4.78 is 5.82. The van der Waals surface area contributed by atoms with Crippen molar-refractivity contribution in [1.82, 2.24) is 9.97 Å². The summed E-state index contributed by atoms with van der Waals surface area (Å²) in [7, 11) is 0. The van der Waals surface area contributed by atoms with Crippen LogP contribution in [0.25, 0.3) is 0 Å². The minimum atomic E-state index is -1.09. The molecule has 30 heavy (non-hydrogen) atoms. The molecule has 162 valence electrons. The van der Waals surface area contributed by atoms with Gasteiger partial charge in [-0.05, 0) is 51.0 Å². The Kier molecular flexibility index (Phi) is 6.80. The average Bonchev–Trinajstić information content (AvgIpc) is 2.87. The Morgan fingerprint density at radius 2 is 2.17 bits per heavy atom. The largest absolute Gasteiger partial charge is 0.390 e. The number of carbonyl (C=O) groups is 1. The second-order valence-corrected chi connectivity index (χ2v) is 8.54. The maximum Gasteiger partial charge on any atom is 0.227 e. The number of amides is 1. The molecule has 2 aromatic rings. The number of aromatic nitrogens is 2. The number of aryl methyl sites for hydroxylation is 1. The van der Waals surface area contributed by atoms with E-state index in [1.165, 1.54) is 0 Å². The van der Waals surface area contributed by atoms with Crippen LogP contribution in [-0.4, -0.2) is 46.3 Å². The second-order valence-electron chi connectivity index (χ2n) is 8.14. The molecule has 0 spiro atoms. The molecule has 1 amide bonds. The number of halogens is 1. The summed E-state index contributed by atoms with van der Waals surface area (Å²) >= 11 is 6.55. The predicted octanol–water partition coefficient (Wildman–Crippen LogP) is 3.09. The third kappa shape index (κ3) is 5.81. The Labute approximate surface area is 181 Å². The zero-order valence-corrected chi connectivity index (χ0v) is 18.2. The van der Waals surface area contributed by atoms with Gasteiger partial charge in [-0.15, -0.1) is 0 Å². The topological polar surface area (TPSA) is 114 Å². The van der Waals surface area contributed by atoms with Crippen molar-refractivity contribution in [3.05, 3.63) is 40.5 Å². The summed E-state index contributed by atoms with van der Waals surface area (Å²) in [6, 6.07) is 7.01. The van der Waals surface area contributed by atoms with E-state index in [-0.39, 0.29) is 24.3 Å². The van der Waals surface area contributed by atoms with E-state index in [9.17, 15) is 9.90 Å². The summed E-state index contributed by atoms with van der Waals surface area (Å²) in [4.78, 5) is 22.9. The Morgan fingerprint density at radius 1 is 1.40 bits per heavy atom. The zero-order valence-electron chi connectivity index (χ0n) is 17.5. The Hall–Kier alpha value is -2.42. The highest BCUT2D eigenvalue weighted by Crippen LogP contribution is 2.34. The molecule has 8 nitrogen and oxygen atoms in total. The minimum absolute atomic E-state index is 0.0108. The summed E-state index contributed by atoms with van der Waals surface area (Å²) in [6.07, 6.45) is 0.822. The van der Waals surface area contributed by atoms with Gasteiger partial charge in [-0.25, -0.2) is 4.98 Å². The van der Waals surface area contributed by atoms with Gasteiger partial charge in [-0.2, -0.15) is 4.98 Å². The maximum atomic E-state index is 12.2. The maximum absolute atomic E-state index is 12.2. The van der Waals surface area contributed by atoms with E-state index in [1.54, 1.807) is 26.0 Å². The highest BCUT2D eigenvalue weighted by atomic mass is 35.5. The van der Waals surface area contributed by atoms with Crippen molar-refractivity contribution in [3.63, 3.8) is 0 Å². The number of nitrogens with zero attached hydrogens (tertiary/aromatic N) is 3. The zero-order chi connectivity index (χ0) is 21.9. The summed E-state index contributed by atoms with van der Waals surface area (Å²) in [5.41, 5.74) is 6.98. The van der Waals surface area contributed by atoms with Crippen molar-refractivity contribution in [3.8, 4) is 0 Å². The number of carbonyl (C=O) groups excluding carboxylic acids is 1. The molecule has 0 bridgehead atoms. The van der Waals surface area contributed by atoms with Crippen LogP contribution in [0.15, 0.2) is 24.3 Å². The molecule has 1 atom stereocenters. The number of ether oxygens (including phenoxy) is 1. The molecular formula is C21H28ClN5O3. The van der Waals surface area contributed by atoms with E-state index in [0.717, 1.165) is 17.7 Å². The Morgan fingerprint density at radius 3 is 2.87 bits per heavy atom. The fraction of sp³-hybridized carbons (Fsp3) is 0.476. The Bertz CT molecular complexity index is 896. The van der Waals surface area contributed by atoms with Crippen LogP contribution < -0.4 is 16.0 Å². The van der Waals surface area contributed by atoms with Crippen LogP contribution >= 0.6 is 11.6 Å². The van der Waals surface area contributed by atoms with E-state index >= 15 is 0 Å². The fourth-order valence-corrected chi connectivity index (χ4v) is 3.75. The molecule has 1 aromatic carbocycles. The highest BCUT2D eigenvalue weighted by molar-refractivity contribution is 6.31. The highest BCUT2D eigenvalue weighted by Gasteiger charge is 2.27. The van der Waals surface area contributed by atoms with Crippen LogP contribution in [0.5, 0.6) is 0 Å². The molecule has 2 heterocycles. The van der Waals surface area contributed by atoms with Crippen LogP contribution in [0.2, 0.25) is 5.02 Å². The molecule has 3 rings (SSSR count). The van der Waals surface area contributed by atoms with Crippen LogP contribution in [0, 0.1) is 6.92 Å². The number of nitrogens with one attached hydrogen (secondary N) is 1. The van der Waals surface area contributed by atoms with Gasteiger partial charge in [0, 0.05) is 35.6 Å². The number of hydrogen-bond acceptors (Lipinski definition) is 7. The predicted molar refractivity (Wildman–Crippen MR) is 118 cm³/mol. The lowest BCUT2D eigenvalue weighted by molar-refractivity contribution is -0.119. The molecule has 4 N–H and O–H groups in total. The van der Waals surface area contributed by atoms with E-state index in [1.807, 2.05) is 19.1 Å². The molecule has 1 aromatic heterocycles. The number of nitrogen functional groups attached to an aromatic ring is 1. The molecule has 1 aliphatic rings. The van der Waals surface area contributed by atoms with E-state index in [0.29, 0.717) is 36.3 Å². The van der Waals surface area contributed by atoms with Crippen molar-refractivity contribution in [2.75, 3.05) is 35.7 Å². The molecular weight excluding hydrogens is 406 g/mol. The molecule has 1 fully saturated rings. The van der Waals surface area contributed by atoms with Gasteiger partial charge in [-0.3, -0.25) is 4.79 Å². The van der Waals surface area contributed by atoms with Gasteiger partial charge in [0.15, 0.2) is 0 Å². The van der Waals surface area contributed by atoms with Crippen LogP contribution in [-0.2, 0) is 9.53 Å². The van der Waals surface area contributed by atoms with Crippen molar-refractivity contribution in [2.24, 2.45) is 0 Å². The normalized spacial score (nSPS) is 17.5. The van der Waals surface area contributed by atoms with Crippen molar-refractivity contribution >= 4 is 35.0 Å². The minimum Gasteiger partial charge on any atom is -0.390 e. The lowest BCUT2D eigenvalue weighted by Crippen LogP contribution is -2.32. The van der Waals surface area contributed by atoms with Crippen molar-refractivity contribution < 1.29 is 14.6 Å². The van der Waals surface area contributed by atoms with E-state index < -0.39 is 5.60 Å². The number of benzene rings is 1. The van der Waals surface area contributed by atoms with Crippen LogP contribution in [0.4, 0.5) is 17.5 Å². The van der Waals surface area contributed by atoms with Crippen molar-refractivity contribution in [1.29, 1.82) is 0 Å². The monoisotopic (exact) mass is 433 g/mol. The SMILES string of the molecule is Cc1cc(N2CCCOCC2c2cc(NC(=O)CC(C)(C)O)ccc2Cl)nc(N)n1. The van der Waals surface area contributed by atoms with Gasteiger partial charge in [0.25, 0.3) is 0 Å².